The Morgan fingerprint density at radius 2 is 2.38 bits per heavy atom. The number of rotatable bonds is 4. The van der Waals surface area contributed by atoms with Crippen molar-refractivity contribution in [3.8, 4) is 0 Å². The molecule has 1 aromatic heterocycles. The maximum absolute atomic E-state index is 4.30. The van der Waals surface area contributed by atoms with Crippen molar-refractivity contribution in [1.29, 1.82) is 0 Å². The van der Waals surface area contributed by atoms with Gasteiger partial charge in [-0.05, 0) is 43.4 Å². The molecule has 1 aromatic carbocycles. The fourth-order valence-corrected chi connectivity index (χ4v) is 2.93. The minimum absolute atomic E-state index is 0.658. The smallest absolute Gasteiger partial charge is 0.0813 e. The summed E-state index contributed by atoms with van der Waals surface area (Å²) in [5.74, 6) is 0.905. The van der Waals surface area contributed by atoms with E-state index in [0.29, 0.717) is 6.04 Å². The third kappa shape index (κ3) is 1.92. The second-order valence-corrected chi connectivity index (χ2v) is 5.42. The van der Waals surface area contributed by atoms with E-state index in [-0.39, 0.29) is 0 Å². The van der Waals surface area contributed by atoms with Gasteiger partial charge in [0.25, 0.3) is 0 Å². The number of thiazole rings is 1. The first-order valence-corrected chi connectivity index (χ1v) is 6.84. The molecule has 0 radical (unpaired) electrons. The third-order valence-corrected chi connectivity index (χ3v) is 4.11. The number of hydrogen-bond acceptors (Lipinski definition) is 3. The lowest BCUT2D eigenvalue weighted by Gasteiger charge is -2.17. The predicted molar refractivity (Wildman–Crippen MR) is 70.0 cm³/mol. The lowest BCUT2D eigenvalue weighted by Crippen LogP contribution is -2.20. The van der Waals surface area contributed by atoms with Gasteiger partial charge in [0.05, 0.1) is 15.7 Å². The summed E-state index contributed by atoms with van der Waals surface area (Å²) in [4.78, 5) is 4.30. The Bertz CT molecular complexity index is 487. The Hall–Kier alpha value is -1.09. The summed E-state index contributed by atoms with van der Waals surface area (Å²) in [6.45, 7) is 2.27. The van der Waals surface area contributed by atoms with Gasteiger partial charge in [-0.2, -0.15) is 0 Å². The Morgan fingerprint density at radius 3 is 3.12 bits per heavy atom. The van der Waals surface area contributed by atoms with Crippen LogP contribution in [0.5, 0.6) is 0 Å². The maximum Gasteiger partial charge on any atom is 0.0813 e. The molecular formula is C13H16N2S. The quantitative estimate of drug-likeness (QED) is 0.865. The fourth-order valence-electron chi connectivity index (χ4n) is 2.21. The number of nitrogens with one attached hydrogen (secondary N) is 1. The second-order valence-electron chi connectivity index (χ2n) is 4.53. The number of hydrogen-bond donors (Lipinski definition) is 1. The van der Waals surface area contributed by atoms with Gasteiger partial charge in [0.2, 0.25) is 0 Å². The van der Waals surface area contributed by atoms with Crippen molar-refractivity contribution in [2.75, 3.05) is 5.32 Å². The second kappa shape index (κ2) is 4.06. The van der Waals surface area contributed by atoms with E-state index in [2.05, 4.69) is 35.4 Å². The molecule has 3 rings (SSSR count). The highest BCUT2D eigenvalue weighted by Gasteiger charge is 2.29. The minimum atomic E-state index is 0.658. The highest BCUT2D eigenvalue weighted by Crippen LogP contribution is 2.36. The van der Waals surface area contributed by atoms with Crippen LogP contribution in [-0.2, 0) is 0 Å². The van der Waals surface area contributed by atoms with Gasteiger partial charge in [0.1, 0.15) is 0 Å². The van der Waals surface area contributed by atoms with Crippen molar-refractivity contribution in [3.63, 3.8) is 0 Å². The first-order chi connectivity index (χ1) is 7.86. The van der Waals surface area contributed by atoms with Crippen LogP contribution in [0, 0.1) is 5.92 Å². The van der Waals surface area contributed by atoms with E-state index in [9.17, 15) is 0 Å². The summed E-state index contributed by atoms with van der Waals surface area (Å²) in [7, 11) is 0. The van der Waals surface area contributed by atoms with Crippen LogP contribution in [0.2, 0.25) is 0 Å². The molecule has 1 unspecified atom stereocenters. The Balaban J connectivity index is 1.81. The zero-order chi connectivity index (χ0) is 11.0. The molecule has 0 aliphatic heterocycles. The molecule has 2 nitrogen and oxygen atoms in total. The Kier molecular flexibility index (Phi) is 2.56. The molecule has 1 aliphatic rings. The molecule has 0 bridgehead atoms. The van der Waals surface area contributed by atoms with Crippen LogP contribution < -0.4 is 5.32 Å². The first kappa shape index (κ1) is 10.1. The number of fused-ring (bicyclic) bond motifs is 1. The number of nitrogens with zero attached hydrogens (tertiary/aromatic N) is 1. The third-order valence-electron chi connectivity index (χ3n) is 3.31. The van der Waals surface area contributed by atoms with Crippen molar-refractivity contribution < 1.29 is 0 Å². The average Bonchev–Trinajstić information content (AvgIpc) is 3.04. The predicted octanol–water partition coefficient (Wildman–Crippen LogP) is 3.90. The van der Waals surface area contributed by atoms with Crippen molar-refractivity contribution >= 4 is 27.2 Å². The van der Waals surface area contributed by atoms with Gasteiger partial charge in [-0.25, -0.2) is 4.98 Å². The normalized spacial score (nSPS) is 17.6. The van der Waals surface area contributed by atoms with Crippen LogP contribution in [0.1, 0.15) is 26.2 Å². The zero-order valence-corrected chi connectivity index (χ0v) is 10.3. The largest absolute Gasteiger partial charge is 0.382 e. The molecule has 84 valence electrons. The van der Waals surface area contributed by atoms with Gasteiger partial charge < -0.3 is 5.32 Å². The van der Waals surface area contributed by atoms with Gasteiger partial charge in [0, 0.05) is 11.7 Å². The zero-order valence-electron chi connectivity index (χ0n) is 9.44. The lowest BCUT2D eigenvalue weighted by molar-refractivity contribution is 0.617. The lowest BCUT2D eigenvalue weighted by atomic mass is 10.1. The van der Waals surface area contributed by atoms with Gasteiger partial charge in [-0.3, -0.25) is 0 Å². The molecule has 3 heteroatoms. The van der Waals surface area contributed by atoms with Gasteiger partial charge in [-0.15, -0.1) is 11.3 Å². The van der Waals surface area contributed by atoms with Crippen LogP contribution in [0.3, 0.4) is 0 Å². The first-order valence-electron chi connectivity index (χ1n) is 5.96. The van der Waals surface area contributed by atoms with E-state index in [1.54, 1.807) is 11.3 Å². The highest BCUT2D eigenvalue weighted by molar-refractivity contribution is 7.16. The summed E-state index contributed by atoms with van der Waals surface area (Å²) in [6.07, 6.45) is 4.01. The van der Waals surface area contributed by atoms with Crippen LogP contribution in [-0.4, -0.2) is 11.0 Å². The highest BCUT2D eigenvalue weighted by atomic mass is 32.1. The number of aromatic nitrogens is 1. The minimum Gasteiger partial charge on any atom is -0.382 e. The molecule has 16 heavy (non-hydrogen) atoms. The number of benzene rings is 1. The van der Waals surface area contributed by atoms with Crippen LogP contribution in [0.15, 0.2) is 23.7 Å². The van der Waals surface area contributed by atoms with Crippen LogP contribution in [0.25, 0.3) is 10.2 Å². The fraction of sp³-hybridized carbons (Fsp3) is 0.462. The Morgan fingerprint density at radius 1 is 1.50 bits per heavy atom. The maximum atomic E-state index is 4.30. The molecule has 1 heterocycles. The summed E-state index contributed by atoms with van der Waals surface area (Å²) in [5, 5.41) is 3.65. The summed E-state index contributed by atoms with van der Waals surface area (Å²) < 4.78 is 1.27. The summed E-state index contributed by atoms with van der Waals surface area (Å²) in [5.41, 5.74) is 4.26. The molecule has 0 amide bonds. The van der Waals surface area contributed by atoms with Crippen molar-refractivity contribution in [1.82, 2.24) is 4.98 Å². The van der Waals surface area contributed by atoms with Crippen molar-refractivity contribution in [2.24, 2.45) is 5.92 Å². The Labute approximate surface area is 99.7 Å². The van der Waals surface area contributed by atoms with Crippen molar-refractivity contribution in [2.45, 2.75) is 32.2 Å². The molecule has 1 N–H and O–H groups in total. The monoisotopic (exact) mass is 232 g/mol. The molecule has 1 fully saturated rings. The summed E-state index contributed by atoms with van der Waals surface area (Å²) in [6, 6.07) is 7.13. The van der Waals surface area contributed by atoms with E-state index < -0.39 is 0 Å². The molecule has 0 saturated heterocycles. The van der Waals surface area contributed by atoms with Crippen LogP contribution >= 0.6 is 11.3 Å². The molecule has 1 atom stereocenters. The van der Waals surface area contributed by atoms with Crippen LogP contribution in [0.4, 0.5) is 5.69 Å². The standard InChI is InChI=1S/C13H16N2S/c1-2-11(9-3-4-9)15-10-5-6-12-13(7-10)16-8-14-12/h5-9,11,15H,2-4H2,1H3. The van der Waals surface area contributed by atoms with Gasteiger partial charge in [-0.1, -0.05) is 6.92 Å². The molecule has 0 spiro atoms. The molecule has 1 saturated carbocycles. The van der Waals surface area contributed by atoms with Crippen molar-refractivity contribution in [3.05, 3.63) is 23.7 Å². The molecule has 2 aromatic rings. The van der Waals surface area contributed by atoms with E-state index in [4.69, 9.17) is 0 Å². The molecule has 1 aliphatic carbocycles. The van der Waals surface area contributed by atoms with E-state index in [1.807, 2.05) is 5.51 Å². The van der Waals surface area contributed by atoms with E-state index >= 15 is 0 Å². The van der Waals surface area contributed by atoms with Gasteiger partial charge >= 0.3 is 0 Å². The van der Waals surface area contributed by atoms with E-state index in [0.717, 1.165) is 11.4 Å². The van der Waals surface area contributed by atoms with E-state index in [1.165, 1.54) is 29.6 Å². The average molecular weight is 232 g/mol. The van der Waals surface area contributed by atoms with Gasteiger partial charge in [0.15, 0.2) is 0 Å². The SMILES string of the molecule is CCC(Nc1ccc2ncsc2c1)C1CC1. The molecular weight excluding hydrogens is 216 g/mol. The summed E-state index contributed by atoms with van der Waals surface area (Å²) >= 11 is 1.71. The topological polar surface area (TPSA) is 24.9 Å². The number of anilines is 1.